The van der Waals surface area contributed by atoms with E-state index in [1.54, 1.807) is 0 Å². The normalized spacial score (nSPS) is 17.8. The van der Waals surface area contributed by atoms with Crippen LogP contribution in [0.4, 0.5) is 0 Å². The average molecular weight is 269 g/mol. The van der Waals surface area contributed by atoms with Crippen molar-refractivity contribution in [2.45, 2.75) is 45.1 Å². The zero-order chi connectivity index (χ0) is 13.8. The lowest BCUT2D eigenvalue weighted by atomic mass is 9.94. The fourth-order valence-corrected chi connectivity index (χ4v) is 3.17. The lowest BCUT2D eigenvalue weighted by Gasteiger charge is -2.20. The van der Waals surface area contributed by atoms with Gasteiger partial charge in [0.1, 0.15) is 5.58 Å². The Morgan fingerprint density at radius 2 is 2.10 bits per heavy atom. The van der Waals surface area contributed by atoms with Gasteiger partial charge in [0.15, 0.2) is 0 Å². The predicted molar refractivity (Wildman–Crippen MR) is 83.8 cm³/mol. The SMILES string of the molecule is CCNC(C1=CCCCCC1)c1coc2ccccc12. The van der Waals surface area contributed by atoms with Crippen LogP contribution < -0.4 is 5.32 Å². The summed E-state index contributed by atoms with van der Waals surface area (Å²) in [5, 5.41) is 4.89. The fraction of sp³-hybridized carbons (Fsp3) is 0.444. The summed E-state index contributed by atoms with van der Waals surface area (Å²) in [7, 11) is 0. The third-order valence-electron chi connectivity index (χ3n) is 4.18. The van der Waals surface area contributed by atoms with Gasteiger partial charge in [-0.3, -0.25) is 0 Å². The van der Waals surface area contributed by atoms with Crippen LogP contribution in [-0.4, -0.2) is 6.54 Å². The van der Waals surface area contributed by atoms with Gasteiger partial charge in [-0.05, 0) is 38.3 Å². The second-order valence-electron chi connectivity index (χ2n) is 5.56. The molecule has 1 aliphatic rings. The number of rotatable bonds is 4. The van der Waals surface area contributed by atoms with Crippen molar-refractivity contribution in [1.82, 2.24) is 5.32 Å². The quantitative estimate of drug-likeness (QED) is 0.792. The summed E-state index contributed by atoms with van der Waals surface area (Å²) in [6, 6.07) is 8.63. The van der Waals surface area contributed by atoms with Gasteiger partial charge in [-0.2, -0.15) is 0 Å². The summed E-state index contributed by atoms with van der Waals surface area (Å²) in [6.07, 6.45) is 10.8. The van der Waals surface area contributed by atoms with E-state index in [4.69, 9.17) is 4.42 Å². The van der Waals surface area contributed by atoms with Gasteiger partial charge >= 0.3 is 0 Å². The van der Waals surface area contributed by atoms with Gasteiger partial charge in [0.2, 0.25) is 0 Å². The Balaban J connectivity index is 1.99. The molecule has 2 aromatic rings. The van der Waals surface area contributed by atoms with E-state index in [2.05, 4.69) is 30.4 Å². The van der Waals surface area contributed by atoms with Crippen LogP contribution in [0.3, 0.4) is 0 Å². The van der Waals surface area contributed by atoms with Gasteiger partial charge in [0, 0.05) is 10.9 Å². The minimum Gasteiger partial charge on any atom is -0.464 e. The zero-order valence-corrected chi connectivity index (χ0v) is 12.2. The molecule has 1 aliphatic carbocycles. The van der Waals surface area contributed by atoms with Gasteiger partial charge in [-0.1, -0.05) is 43.2 Å². The third-order valence-corrected chi connectivity index (χ3v) is 4.18. The van der Waals surface area contributed by atoms with Gasteiger partial charge in [0.25, 0.3) is 0 Å². The highest BCUT2D eigenvalue weighted by Crippen LogP contribution is 2.34. The Morgan fingerprint density at radius 1 is 1.20 bits per heavy atom. The number of fused-ring (bicyclic) bond motifs is 1. The summed E-state index contributed by atoms with van der Waals surface area (Å²) in [4.78, 5) is 0. The summed E-state index contributed by atoms with van der Waals surface area (Å²) in [5.41, 5.74) is 3.81. The molecule has 106 valence electrons. The Labute approximate surface area is 120 Å². The van der Waals surface area contributed by atoms with E-state index in [1.165, 1.54) is 48.6 Å². The van der Waals surface area contributed by atoms with Gasteiger partial charge in [0.05, 0.1) is 12.3 Å². The smallest absolute Gasteiger partial charge is 0.134 e. The van der Waals surface area contributed by atoms with Crippen LogP contribution >= 0.6 is 0 Å². The van der Waals surface area contributed by atoms with Crippen molar-refractivity contribution in [2.75, 3.05) is 6.54 Å². The molecule has 1 heterocycles. The lowest BCUT2D eigenvalue weighted by molar-refractivity contribution is 0.566. The van der Waals surface area contributed by atoms with Crippen LogP contribution in [0.5, 0.6) is 0 Å². The number of para-hydroxylation sites is 1. The molecule has 0 aliphatic heterocycles. The monoisotopic (exact) mass is 269 g/mol. The number of allylic oxidation sites excluding steroid dienone is 1. The van der Waals surface area contributed by atoms with E-state index in [0.717, 1.165) is 12.1 Å². The number of hydrogen-bond acceptors (Lipinski definition) is 2. The topological polar surface area (TPSA) is 25.2 Å². The van der Waals surface area contributed by atoms with Crippen molar-refractivity contribution in [3.63, 3.8) is 0 Å². The van der Waals surface area contributed by atoms with E-state index in [-0.39, 0.29) is 0 Å². The average Bonchev–Trinajstić information content (AvgIpc) is 2.71. The number of benzene rings is 1. The summed E-state index contributed by atoms with van der Waals surface area (Å²) in [6.45, 7) is 3.15. The summed E-state index contributed by atoms with van der Waals surface area (Å²) < 4.78 is 5.73. The highest BCUT2D eigenvalue weighted by atomic mass is 16.3. The lowest BCUT2D eigenvalue weighted by Crippen LogP contribution is -2.22. The van der Waals surface area contributed by atoms with Crippen molar-refractivity contribution >= 4 is 11.0 Å². The third kappa shape index (κ3) is 2.66. The molecule has 2 heteroatoms. The molecule has 0 spiro atoms. The Kier molecular flexibility index (Phi) is 4.22. The second kappa shape index (κ2) is 6.27. The first-order valence-electron chi connectivity index (χ1n) is 7.78. The minimum atomic E-state index is 0.307. The molecule has 2 nitrogen and oxygen atoms in total. The molecule has 0 saturated heterocycles. The maximum atomic E-state index is 5.73. The predicted octanol–water partition coefficient (Wildman–Crippen LogP) is 4.97. The van der Waals surface area contributed by atoms with E-state index >= 15 is 0 Å². The van der Waals surface area contributed by atoms with Crippen LogP contribution in [0.2, 0.25) is 0 Å². The highest BCUT2D eigenvalue weighted by molar-refractivity contribution is 5.81. The number of furan rings is 1. The Hall–Kier alpha value is -1.54. The molecule has 1 N–H and O–H groups in total. The molecule has 0 radical (unpaired) electrons. The molecule has 3 rings (SSSR count). The first-order chi connectivity index (χ1) is 9.90. The van der Waals surface area contributed by atoms with Crippen LogP contribution in [0.1, 0.15) is 50.6 Å². The molecule has 0 amide bonds. The van der Waals surface area contributed by atoms with Crippen molar-refractivity contribution < 1.29 is 4.42 Å². The number of likely N-dealkylation sites (N-methyl/N-ethyl adjacent to an activating group) is 1. The highest BCUT2D eigenvalue weighted by Gasteiger charge is 2.20. The van der Waals surface area contributed by atoms with Crippen LogP contribution in [0, 0.1) is 0 Å². The van der Waals surface area contributed by atoms with Gasteiger partial charge in [-0.25, -0.2) is 0 Å². The molecule has 1 atom stereocenters. The molecular weight excluding hydrogens is 246 g/mol. The number of hydrogen-bond donors (Lipinski definition) is 1. The first-order valence-corrected chi connectivity index (χ1v) is 7.78. The first kappa shape index (κ1) is 13.4. The molecule has 20 heavy (non-hydrogen) atoms. The van der Waals surface area contributed by atoms with Gasteiger partial charge < -0.3 is 9.73 Å². The van der Waals surface area contributed by atoms with Crippen LogP contribution in [0.25, 0.3) is 11.0 Å². The van der Waals surface area contributed by atoms with Crippen molar-refractivity contribution in [3.05, 3.63) is 47.7 Å². The van der Waals surface area contributed by atoms with Crippen molar-refractivity contribution in [3.8, 4) is 0 Å². The molecule has 1 aromatic heterocycles. The van der Waals surface area contributed by atoms with Crippen molar-refractivity contribution in [1.29, 1.82) is 0 Å². The standard InChI is InChI=1S/C18H23NO/c1-2-19-18(14-9-5-3-4-6-10-14)16-13-20-17-12-8-7-11-15(16)17/h7-9,11-13,18-19H,2-6,10H2,1H3. The van der Waals surface area contributed by atoms with Gasteiger partial charge in [-0.15, -0.1) is 0 Å². The number of nitrogens with one attached hydrogen (secondary N) is 1. The minimum absolute atomic E-state index is 0.307. The Bertz CT molecular complexity index is 596. The van der Waals surface area contributed by atoms with E-state index in [0.29, 0.717) is 6.04 Å². The van der Waals surface area contributed by atoms with E-state index < -0.39 is 0 Å². The molecule has 1 aromatic carbocycles. The summed E-state index contributed by atoms with van der Waals surface area (Å²) >= 11 is 0. The van der Waals surface area contributed by atoms with Crippen molar-refractivity contribution in [2.24, 2.45) is 0 Å². The van der Waals surface area contributed by atoms with E-state index in [1.807, 2.05) is 18.4 Å². The largest absolute Gasteiger partial charge is 0.464 e. The molecule has 1 unspecified atom stereocenters. The maximum Gasteiger partial charge on any atom is 0.134 e. The molecule has 0 bridgehead atoms. The molecular formula is C18H23NO. The summed E-state index contributed by atoms with van der Waals surface area (Å²) in [5.74, 6) is 0. The Morgan fingerprint density at radius 3 is 3.00 bits per heavy atom. The zero-order valence-electron chi connectivity index (χ0n) is 12.2. The van der Waals surface area contributed by atoms with Crippen LogP contribution in [-0.2, 0) is 0 Å². The van der Waals surface area contributed by atoms with Crippen LogP contribution in [0.15, 0.2) is 46.6 Å². The molecule has 0 fully saturated rings. The second-order valence-corrected chi connectivity index (χ2v) is 5.56. The fourth-order valence-electron chi connectivity index (χ4n) is 3.17. The van der Waals surface area contributed by atoms with E-state index in [9.17, 15) is 0 Å². The molecule has 0 saturated carbocycles. The maximum absolute atomic E-state index is 5.73.